The lowest BCUT2D eigenvalue weighted by molar-refractivity contribution is 0.660. The molecular weight excluding hydrogens is 925 g/mol. The van der Waals surface area contributed by atoms with Crippen LogP contribution in [0.25, 0.3) is 123 Å². The minimum atomic E-state index is -0.234. The lowest BCUT2D eigenvalue weighted by Crippen LogP contribution is -2.14. The quantitative estimate of drug-likeness (QED) is 0.166. The van der Waals surface area contributed by atoms with E-state index in [-0.39, 0.29) is 10.8 Å². The number of rotatable bonds is 6. The Morgan fingerprint density at radius 1 is 0.355 bits per heavy atom. The van der Waals surface area contributed by atoms with Crippen LogP contribution in [0.2, 0.25) is 0 Å². The molecule has 15 rings (SSSR count). The Labute approximate surface area is 440 Å². The second kappa shape index (κ2) is 16.1. The third-order valence-corrected chi connectivity index (χ3v) is 16.6. The minimum Gasteiger partial charge on any atom is -0.308 e. The third kappa shape index (κ3) is 6.11. The zero-order chi connectivity index (χ0) is 51.0. The molecule has 0 amide bonds. The third-order valence-electron chi connectivity index (χ3n) is 16.6. The lowest BCUT2D eigenvalue weighted by Gasteiger charge is -2.22. The van der Waals surface area contributed by atoms with Gasteiger partial charge in [0.2, 0.25) is 0 Å². The van der Waals surface area contributed by atoms with Crippen molar-refractivity contribution in [3.63, 3.8) is 0 Å². The molecule has 0 atom stereocenters. The monoisotopic (exact) mass is 972 g/mol. The molecule has 2 aliphatic carbocycles. The van der Waals surface area contributed by atoms with Gasteiger partial charge in [0.15, 0.2) is 17.5 Å². The Bertz CT molecular complexity index is 4590. The van der Waals surface area contributed by atoms with E-state index in [1.165, 1.54) is 44.5 Å². The molecule has 0 aliphatic heterocycles. The molecule has 0 unspecified atom stereocenters. The summed E-state index contributed by atoms with van der Waals surface area (Å²) in [4.78, 5) is 15.9. The first-order valence-electron chi connectivity index (χ1n) is 26.1. The molecule has 76 heavy (non-hydrogen) atoms. The molecule has 0 spiro atoms. The molecule has 0 bridgehead atoms. The normalized spacial score (nSPS) is 13.7. The Balaban J connectivity index is 1.04. The average Bonchev–Trinajstić information content (AvgIpc) is 4.16. The van der Waals surface area contributed by atoms with Crippen molar-refractivity contribution in [2.24, 2.45) is 0 Å². The van der Waals surface area contributed by atoms with Gasteiger partial charge < -0.3 is 9.13 Å². The number of benzene rings is 10. The van der Waals surface area contributed by atoms with Gasteiger partial charge in [-0.25, -0.2) is 15.0 Å². The van der Waals surface area contributed by atoms with Crippen molar-refractivity contribution in [2.75, 3.05) is 0 Å². The van der Waals surface area contributed by atoms with Gasteiger partial charge in [-0.1, -0.05) is 216 Å². The highest BCUT2D eigenvalue weighted by molar-refractivity contribution is 6.17. The van der Waals surface area contributed by atoms with E-state index >= 15 is 0 Å². The molecule has 10 aromatic carbocycles. The summed E-state index contributed by atoms with van der Waals surface area (Å²) in [5, 5.41) is 16.3. The first-order chi connectivity index (χ1) is 37.2. The molecule has 0 radical (unpaired) electrons. The highest BCUT2D eigenvalue weighted by atomic mass is 15.1. The minimum absolute atomic E-state index is 0.202. The van der Waals surface area contributed by atoms with Crippen molar-refractivity contribution in [3.05, 3.63) is 246 Å². The van der Waals surface area contributed by atoms with Crippen molar-refractivity contribution >= 4 is 43.6 Å². The van der Waals surface area contributed by atoms with Crippen LogP contribution in [-0.4, -0.2) is 24.1 Å². The van der Waals surface area contributed by atoms with Gasteiger partial charge in [-0.3, -0.25) is 0 Å². The van der Waals surface area contributed by atoms with E-state index in [4.69, 9.17) is 15.0 Å². The number of fused-ring (bicyclic) bond motifs is 14. The molecule has 6 nitrogen and oxygen atoms in total. The number of hydrogen-bond acceptors (Lipinski definition) is 4. The van der Waals surface area contributed by atoms with Gasteiger partial charge >= 0.3 is 0 Å². The molecule has 0 fully saturated rings. The van der Waals surface area contributed by atoms with E-state index < -0.39 is 0 Å². The van der Waals surface area contributed by atoms with Crippen molar-refractivity contribution in [1.82, 2.24) is 24.1 Å². The lowest BCUT2D eigenvalue weighted by atomic mass is 9.82. The fourth-order valence-electron chi connectivity index (χ4n) is 13.1. The zero-order valence-corrected chi connectivity index (χ0v) is 42.5. The standard InChI is InChI=1S/C70H48N6/c1-69(2)54-29-15-11-26-50(54)62-56(69)38-36-48-46-24-13-17-31-58(46)75(64(48)62)60-33-19-28-45(53(60)41-71)44-34-35-52(68-73-66(42-20-7-5-8-21-42)72-67(74-68)43-22-9-6-10-23-43)61(40-44)76-59-32-18-14-25-47(59)49-37-39-57-63(65(49)76)51-27-12-16-30-55(51)70(57,3)4/h5-40H,1-4H3. The summed E-state index contributed by atoms with van der Waals surface area (Å²) in [6, 6.07) is 80.3. The van der Waals surface area contributed by atoms with Crippen molar-refractivity contribution < 1.29 is 0 Å². The summed E-state index contributed by atoms with van der Waals surface area (Å²) in [6.07, 6.45) is 0. The maximum atomic E-state index is 11.7. The van der Waals surface area contributed by atoms with Crippen LogP contribution < -0.4 is 0 Å². The molecule has 0 saturated carbocycles. The maximum Gasteiger partial charge on any atom is 0.166 e. The van der Waals surface area contributed by atoms with E-state index in [0.29, 0.717) is 23.0 Å². The van der Waals surface area contributed by atoms with E-state index in [1.807, 2.05) is 36.4 Å². The summed E-state index contributed by atoms with van der Waals surface area (Å²) in [7, 11) is 0. The van der Waals surface area contributed by atoms with Crippen LogP contribution in [0.1, 0.15) is 55.5 Å². The van der Waals surface area contributed by atoms with E-state index in [9.17, 15) is 5.26 Å². The van der Waals surface area contributed by atoms with Crippen LogP contribution in [-0.2, 0) is 10.8 Å². The van der Waals surface area contributed by atoms with Crippen molar-refractivity contribution in [2.45, 2.75) is 38.5 Å². The second-order valence-electron chi connectivity index (χ2n) is 21.4. The van der Waals surface area contributed by atoms with Gasteiger partial charge in [-0.2, -0.15) is 5.26 Å². The Kier molecular flexibility index (Phi) is 9.32. The molecule has 0 N–H and O–H groups in total. The number of hydrogen-bond donors (Lipinski definition) is 0. The molecule has 0 saturated heterocycles. The van der Waals surface area contributed by atoms with Gasteiger partial charge in [-0.15, -0.1) is 0 Å². The molecule has 13 aromatic rings. The van der Waals surface area contributed by atoms with E-state index in [0.717, 1.165) is 82.8 Å². The Hall–Kier alpha value is -9.70. The fraction of sp³-hybridized carbons (Fsp3) is 0.0857. The Morgan fingerprint density at radius 2 is 0.816 bits per heavy atom. The van der Waals surface area contributed by atoms with Gasteiger partial charge in [0.25, 0.3) is 0 Å². The molecular formula is C70H48N6. The predicted molar refractivity (Wildman–Crippen MR) is 310 cm³/mol. The number of para-hydroxylation sites is 2. The van der Waals surface area contributed by atoms with E-state index in [1.54, 1.807) is 0 Å². The molecule has 3 heterocycles. The summed E-state index contributed by atoms with van der Waals surface area (Å²) < 4.78 is 4.80. The number of aromatic nitrogens is 5. The first kappa shape index (κ1) is 43.8. The van der Waals surface area contributed by atoms with Gasteiger partial charge in [0.1, 0.15) is 6.07 Å². The highest BCUT2D eigenvalue weighted by Gasteiger charge is 2.39. The first-order valence-corrected chi connectivity index (χ1v) is 26.1. The second-order valence-corrected chi connectivity index (χ2v) is 21.4. The number of nitrogens with zero attached hydrogens (tertiary/aromatic N) is 6. The smallest absolute Gasteiger partial charge is 0.166 e. The topological polar surface area (TPSA) is 72.3 Å². The van der Waals surface area contributed by atoms with Gasteiger partial charge in [0.05, 0.1) is 39.0 Å². The maximum absolute atomic E-state index is 11.7. The average molecular weight is 973 g/mol. The van der Waals surface area contributed by atoms with E-state index in [2.05, 4.69) is 225 Å². The fourth-order valence-corrected chi connectivity index (χ4v) is 13.1. The molecule has 3 aromatic heterocycles. The summed E-state index contributed by atoms with van der Waals surface area (Å²) in [6.45, 7) is 9.33. The van der Waals surface area contributed by atoms with Crippen LogP contribution in [0.15, 0.2) is 218 Å². The predicted octanol–water partition coefficient (Wildman–Crippen LogP) is 17.2. The molecule has 358 valence electrons. The summed E-state index contributed by atoms with van der Waals surface area (Å²) in [5.74, 6) is 1.72. The number of nitriles is 1. The van der Waals surface area contributed by atoms with Crippen LogP contribution >= 0.6 is 0 Å². The van der Waals surface area contributed by atoms with Crippen LogP contribution in [0.3, 0.4) is 0 Å². The van der Waals surface area contributed by atoms with Gasteiger partial charge in [0, 0.05) is 65.8 Å². The Morgan fingerprint density at radius 3 is 1.36 bits per heavy atom. The van der Waals surface area contributed by atoms with Crippen molar-refractivity contribution in [1.29, 1.82) is 5.26 Å². The highest BCUT2D eigenvalue weighted by Crippen LogP contribution is 2.55. The summed E-state index contributed by atoms with van der Waals surface area (Å²) >= 11 is 0. The van der Waals surface area contributed by atoms with Crippen LogP contribution in [0.5, 0.6) is 0 Å². The van der Waals surface area contributed by atoms with Gasteiger partial charge in [-0.05, 0) is 69.3 Å². The zero-order valence-electron chi connectivity index (χ0n) is 42.5. The summed E-state index contributed by atoms with van der Waals surface area (Å²) in [5.41, 5.74) is 20.7. The molecule has 2 aliphatic rings. The van der Waals surface area contributed by atoms with Crippen LogP contribution in [0.4, 0.5) is 0 Å². The largest absolute Gasteiger partial charge is 0.308 e. The van der Waals surface area contributed by atoms with Crippen molar-refractivity contribution in [3.8, 4) is 85.0 Å². The van der Waals surface area contributed by atoms with Crippen LogP contribution in [0, 0.1) is 11.3 Å². The SMILES string of the molecule is CC1(C)c2ccccc2-c2c1ccc1c3ccccc3n(-c3cc(-c4cccc(-n5c6ccccc6c6ccc7c(c65)-c5ccccc5C7(C)C)c4C#N)ccc3-c3nc(-c4ccccc4)nc(-c4ccccc4)n3)c21. The molecule has 6 heteroatoms.